The molecule has 3 rings (SSSR count). The highest BCUT2D eigenvalue weighted by atomic mass is 35.5. The van der Waals surface area contributed by atoms with Crippen LogP contribution in [0.3, 0.4) is 0 Å². The molecule has 0 bridgehead atoms. The SMILES string of the molecule is CN1CCc2cc(C(O)CNC(=O)C(=O)Nc3cc(Cl)ccc3C#N)ccc21. The second kappa shape index (κ2) is 8.30. The molecule has 1 heterocycles. The molecular weight excluding hydrogens is 380 g/mol. The van der Waals surface area contributed by atoms with Gasteiger partial charge in [-0.05, 0) is 41.8 Å². The van der Waals surface area contributed by atoms with E-state index in [1.807, 2.05) is 31.3 Å². The maximum atomic E-state index is 12.1. The van der Waals surface area contributed by atoms with E-state index in [-0.39, 0.29) is 17.8 Å². The van der Waals surface area contributed by atoms with Crippen molar-refractivity contribution in [2.75, 3.05) is 30.4 Å². The molecule has 2 aromatic rings. The standard InChI is InChI=1S/C20H19ClN4O3/c1-25-7-6-12-8-13(3-5-17(12)25)18(26)11-23-19(27)20(28)24-16-9-15(21)4-2-14(16)10-22/h2-5,8-9,18,26H,6-7,11H2,1H3,(H,23,27)(H,24,28). The van der Waals surface area contributed by atoms with E-state index in [1.165, 1.54) is 18.2 Å². The quantitative estimate of drug-likeness (QED) is 0.683. The second-order valence-corrected chi connectivity index (χ2v) is 6.98. The Balaban J connectivity index is 1.59. The summed E-state index contributed by atoms with van der Waals surface area (Å²) in [7, 11) is 2.01. The number of anilines is 2. The van der Waals surface area contributed by atoms with Crippen molar-refractivity contribution in [3.05, 3.63) is 58.1 Å². The summed E-state index contributed by atoms with van der Waals surface area (Å²) in [6.45, 7) is 0.821. The summed E-state index contributed by atoms with van der Waals surface area (Å²) in [5, 5.41) is 24.5. The van der Waals surface area contributed by atoms with Crippen molar-refractivity contribution < 1.29 is 14.7 Å². The fourth-order valence-electron chi connectivity index (χ4n) is 3.08. The van der Waals surface area contributed by atoms with Crippen LogP contribution in [0.1, 0.15) is 22.8 Å². The number of carbonyl (C=O) groups is 2. The number of amides is 2. The van der Waals surface area contributed by atoms with Crippen molar-refractivity contribution in [3.63, 3.8) is 0 Å². The minimum Gasteiger partial charge on any atom is -0.387 e. The maximum Gasteiger partial charge on any atom is 0.313 e. The van der Waals surface area contributed by atoms with Gasteiger partial charge in [-0.3, -0.25) is 9.59 Å². The van der Waals surface area contributed by atoms with Crippen LogP contribution in [0, 0.1) is 11.3 Å². The summed E-state index contributed by atoms with van der Waals surface area (Å²) in [6.07, 6.45) is -0.0315. The van der Waals surface area contributed by atoms with Crippen molar-refractivity contribution in [1.29, 1.82) is 5.26 Å². The van der Waals surface area contributed by atoms with Gasteiger partial charge in [-0.25, -0.2) is 0 Å². The van der Waals surface area contributed by atoms with Crippen LogP contribution in [-0.2, 0) is 16.0 Å². The van der Waals surface area contributed by atoms with Gasteiger partial charge in [0.2, 0.25) is 0 Å². The van der Waals surface area contributed by atoms with Gasteiger partial charge in [-0.1, -0.05) is 23.7 Å². The number of aliphatic hydroxyl groups is 1. The number of nitriles is 1. The molecule has 28 heavy (non-hydrogen) atoms. The maximum absolute atomic E-state index is 12.1. The number of benzene rings is 2. The van der Waals surface area contributed by atoms with Crippen LogP contribution in [0.5, 0.6) is 0 Å². The summed E-state index contributed by atoms with van der Waals surface area (Å²) in [4.78, 5) is 26.3. The van der Waals surface area contributed by atoms with Crippen molar-refractivity contribution in [3.8, 4) is 6.07 Å². The van der Waals surface area contributed by atoms with Crippen LogP contribution in [-0.4, -0.2) is 37.1 Å². The Kier molecular flexibility index (Phi) is 5.83. The largest absolute Gasteiger partial charge is 0.387 e. The fraction of sp³-hybridized carbons (Fsp3) is 0.250. The van der Waals surface area contributed by atoms with E-state index in [9.17, 15) is 14.7 Å². The Morgan fingerprint density at radius 2 is 2.07 bits per heavy atom. The number of hydrogen-bond acceptors (Lipinski definition) is 5. The van der Waals surface area contributed by atoms with Gasteiger partial charge in [0.1, 0.15) is 6.07 Å². The zero-order valence-electron chi connectivity index (χ0n) is 15.2. The highest BCUT2D eigenvalue weighted by Gasteiger charge is 2.20. The number of aliphatic hydroxyl groups excluding tert-OH is 1. The van der Waals surface area contributed by atoms with Gasteiger partial charge in [-0.15, -0.1) is 0 Å². The van der Waals surface area contributed by atoms with Gasteiger partial charge < -0.3 is 20.6 Å². The Morgan fingerprint density at radius 3 is 2.82 bits per heavy atom. The minimum atomic E-state index is -0.943. The number of rotatable bonds is 4. The average molecular weight is 399 g/mol. The number of nitrogens with one attached hydrogen (secondary N) is 2. The molecule has 7 nitrogen and oxygen atoms in total. The second-order valence-electron chi connectivity index (χ2n) is 6.54. The van der Waals surface area contributed by atoms with Gasteiger partial charge >= 0.3 is 11.8 Å². The van der Waals surface area contributed by atoms with Crippen LogP contribution in [0.15, 0.2) is 36.4 Å². The van der Waals surface area contributed by atoms with Gasteiger partial charge in [0.05, 0.1) is 17.4 Å². The van der Waals surface area contributed by atoms with Crippen LogP contribution >= 0.6 is 11.6 Å². The van der Waals surface area contributed by atoms with Crippen molar-refractivity contribution >= 4 is 34.8 Å². The van der Waals surface area contributed by atoms with Gasteiger partial charge in [-0.2, -0.15) is 5.26 Å². The van der Waals surface area contributed by atoms with Crippen molar-refractivity contribution in [1.82, 2.24) is 5.32 Å². The third-order valence-electron chi connectivity index (χ3n) is 4.63. The summed E-state index contributed by atoms with van der Waals surface area (Å²) in [5.41, 5.74) is 3.30. The van der Waals surface area contributed by atoms with E-state index < -0.39 is 17.9 Å². The van der Waals surface area contributed by atoms with Crippen LogP contribution in [0.4, 0.5) is 11.4 Å². The molecule has 0 aromatic heterocycles. The predicted molar refractivity (Wildman–Crippen MR) is 106 cm³/mol. The molecule has 0 radical (unpaired) electrons. The van der Waals surface area contributed by atoms with E-state index in [0.29, 0.717) is 10.6 Å². The van der Waals surface area contributed by atoms with Crippen LogP contribution < -0.4 is 15.5 Å². The monoisotopic (exact) mass is 398 g/mol. The Labute approximate surface area is 167 Å². The Hall–Kier alpha value is -3.08. The highest BCUT2D eigenvalue weighted by molar-refractivity contribution is 6.40. The first-order valence-corrected chi connectivity index (χ1v) is 9.07. The smallest absolute Gasteiger partial charge is 0.313 e. The molecule has 2 amide bonds. The van der Waals surface area contributed by atoms with Crippen molar-refractivity contribution in [2.24, 2.45) is 0 Å². The molecule has 3 N–H and O–H groups in total. The predicted octanol–water partition coefficient (Wildman–Crippen LogP) is 1.99. The third kappa shape index (κ3) is 4.25. The minimum absolute atomic E-state index is 0.110. The van der Waals surface area contributed by atoms with E-state index in [0.717, 1.165) is 24.2 Å². The molecule has 0 fully saturated rings. The molecular formula is C20H19ClN4O3. The topological polar surface area (TPSA) is 105 Å². The number of nitrogens with zero attached hydrogens (tertiary/aromatic N) is 2. The summed E-state index contributed by atoms with van der Waals surface area (Å²) in [6, 6.07) is 11.9. The van der Waals surface area contributed by atoms with E-state index in [2.05, 4.69) is 15.5 Å². The lowest BCUT2D eigenvalue weighted by Crippen LogP contribution is -2.37. The normalized spacial score (nSPS) is 13.4. The fourth-order valence-corrected chi connectivity index (χ4v) is 3.25. The van der Waals surface area contributed by atoms with Crippen molar-refractivity contribution in [2.45, 2.75) is 12.5 Å². The molecule has 1 unspecified atom stereocenters. The molecule has 8 heteroatoms. The summed E-state index contributed by atoms with van der Waals surface area (Å²) < 4.78 is 0. The summed E-state index contributed by atoms with van der Waals surface area (Å²) in [5.74, 6) is -1.86. The van der Waals surface area contributed by atoms with Gasteiger partial charge in [0.25, 0.3) is 0 Å². The average Bonchev–Trinajstić information content (AvgIpc) is 3.06. The van der Waals surface area contributed by atoms with Gasteiger partial charge in [0.15, 0.2) is 0 Å². The number of fused-ring (bicyclic) bond motifs is 1. The number of likely N-dealkylation sites (N-methyl/N-ethyl adjacent to an activating group) is 1. The first-order valence-electron chi connectivity index (χ1n) is 8.70. The Morgan fingerprint density at radius 1 is 1.29 bits per heavy atom. The summed E-state index contributed by atoms with van der Waals surface area (Å²) >= 11 is 5.86. The van der Waals surface area contributed by atoms with Gasteiger partial charge in [0, 0.05) is 30.8 Å². The molecule has 1 aliphatic rings. The molecule has 0 saturated heterocycles. The molecule has 0 aliphatic carbocycles. The van der Waals surface area contributed by atoms with E-state index in [4.69, 9.17) is 16.9 Å². The molecule has 0 spiro atoms. The zero-order chi connectivity index (χ0) is 20.3. The molecule has 144 valence electrons. The first-order chi connectivity index (χ1) is 13.4. The van der Waals surface area contributed by atoms with E-state index in [1.54, 1.807) is 0 Å². The molecule has 1 atom stereocenters. The Bertz CT molecular complexity index is 970. The number of carbonyl (C=O) groups excluding carboxylic acids is 2. The third-order valence-corrected chi connectivity index (χ3v) is 4.86. The molecule has 2 aromatic carbocycles. The van der Waals surface area contributed by atoms with Crippen LogP contribution in [0.25, 0.3) is 0 Å². The first kappa shape index (κ1) is 19.7. The molecule has 1 aliphatic heterocycles. The number of halogens is 1. The van der Waals surface area contributed by atoms with Crippen LogP contribution in [0.2, 0.25) is 5.02 Å². The zero-order valence-corrected chi connectivity index (χ0v) is 16.0. The highest BCUT2D eigenvalue weighted by Crippen LogP contribution is 2.29. The molecule has 0 saturated carbocycles. The van der Waals surface area contributed by atoms with E-state index >= 15 is 0 Å². The lowest BCUT2D eigenvalue weighted by atomic mass is 10.0. The lowest BCUT2D eigenvalue weighted by molar-refractivity contribution is -0.136. The lowest BCUT2D eigenvalue weighted by Gasteiger charge is -2.15. The number of hydrogen-bond donors (Lipinski definition) is 3.